The van der Waals surface area contributed by atoms with E-state index in [1.165, 1.54) is 0 Å². The molecule has 0 heterocycles. The van der Waals surface area contributed by atoms with Crippen molar-refractivity contribution in [3.63, 3.8) is 0 Å². The summed E-state index contributed by atoms with van der Waals surface area (Å²) in [6, 6.07) is 0. The van der Waals surface area contributed by atoms with Gasteiger partial charge in [0.2, 0.25) is 0 Å². The summed E-state index contributed by atoms with van der Waals surface area (Å²) in [5, 5.41) is 17.9. The minimum atomic E-state index is -1.64. The van der Waals surface area contributed by atoms with Gasteiger partial charge in [0.15, 0.2) is 5.79 Å². The molecule has 0 spiro atoms. The van der Waals surface area contributed by atoms with Crippen LogP contribution < -0.4 is 0 Å². The molecule has 0 rings (SSSR count). The van der Waals surface area contributed by atoms with Crippen molar-refractivity contribution in [2.24, 2.45) is 5.92 Å². The van der Waals surface area contributed by atoms with Crippen molar-refractivity contribution in [2.45, 2.75) is 31.8 Å². The van der Waals surface area contributed by atoms with Crippen molar-refractivity contribution in [2.75, 3.05) is 0 Å². The first-order valence-corrected chi connectivity index (χ1v) is 3.53. The lowest BCUT2D eigenvalue weighted by Gasteiger charge is -2.28. The Labute approximate surface area is 61.3 Å². The predicted octanol–water partition coefficient (Wildman–Crippen LogP) is 0.642. The van der Waals surface area contributed by atoms with Crippen molar-refractivity contribution in [1.82, 2.24) is 0 Å². The van der Waals surface area contributed by atoms with E-state index in [-0.39, 0.29) is 5.92 Å². The van der Waals surface area contributed by atoms with Gasteiger partial charge in [0.25, 0.3) is 0 Å². The third-order valence-electron chi connectivity index (χ3n) is 1.46. The Hall–Kier alpha value is 0.270. The fourth-order valence-electron chi connectivity index (χ4n) is 0.482. The lowest BCUT2D eigenvalue weighted by atomic mass is 10.0. The Morgan fingerprint density at radius 3 is 1.56 bits per heavy atom. The van der Waals surface area contributed by atoms with Crippen LogP contribution in [0.25, 0.3) is 0 Å². The van der Waals surface area contributed by atoms with E-state index < -0.39 is 11.0 Å². The molecule has 0 aliphatic rings. The zero-order chi connectivity index (χ0) is 7.65. The normalized spacial score (nSPS) is 16.3. The molecular weight excluding hydrogens is 136 g/mol. The zero-order valence-corrected chi connectivity index (χ0v) is 6.89. The molecule has 0 bridgehead atoms. The Kier molecular flexibility index (Phi) is 2.99. The van der Waals surface area contributed by atoms with Gasteiger partial charge in [-0.1, -0.05) is 13.8 Å². The van der Waals surface area contributed by atoms with E-state index in [1.54, 1.807) is 20.8 Å². The summed E-state index contributed by atoms with van der Waals surface area (Å²) in [6.45, 7) is 5.14. The molecule has 9 heavy (non-hydrogen) atoms. The molecule has 0 aromatic carbocycles. The summed E-state index contributed by atoms with van der Waals surface area (Å²) in [4.78, 5) is 0. The molecule has 0 aliphatic carbocycles. The smallest absolute Gasteiger partial charge is 0.176 e. The van der Waals surface area contributed by atoms with Crippen LogP contribution in [0.1, 0.15) is 20.8 Å². The van der Waals surface area contributed by atoms with Gasteiger partial charge >= 0.3 is 0 Å². The van der Waals surface area contributed by atoms with Crippen LogP contribution >= 0.6 is 12.6 Å². The van der Waals surface area contributed by atoms with E-state index in [2.05, 4.69) is 12.6 Å². The SMILES string of the molecule is CC(C)C(O)(O)C(C)S. The molecule has 0 saturated carbocycles. The average molecular weight is 150 g/mol. The van der Waals surface area contributed by atoms with Gasteiger partial charge in [-0.2, -0.15) is 12.6 Å². The number of hydrogen-bond donors (Lipinski definition) is 3. The second-order valence-corrected chi connectivity index (χ2v) is 3.39. The summed E-state index contributed by atoms with van der Waals surface area (Å²) in [7, 11) is 0. The summed E-state index contributed by atoms with van der Waals surface area (Å²) in [5.41, 5.74) is 0. The topological polar surface area (TPSA) is 40.5 Å². The van der Waals surface area contributed by atoms with E-state index in [0.717, 1.165) is 0 Å². The zero-order valence-electron chi connectivity index (χ0n) is 6.00. The molecular formula is C6H14O2S. The standard InChI is InChI=1S/C6H14O2S/c1-4(2)6(7,8)5(3)9/h4-5,7-9H,1-3H3. The maximum Gasteiger partial charge on any atom is 0.176 e. The van der Waals surface area contributed by atoms with Gasteiger partial charge < -0.3 is 10.2 Å². The number of thiol groups is 1. The Balaban J connectivity index is 4.01. The number of aliphatic hydroxyl groups is 2. The Morgan fingerprint density at radius 2 is 1.56 bits per heavy atom. The van der Waals surface area contributed by atoms with Gasteiger partial charge in [-0.25, -0.2) is 0 Å². The highest BCUT2D eigenvalue weighted by Crippen LogP contribution is 2.20. The van der Waals surface area contributed by atoms with Crippen LogP contribution in [0.2, 0.25) is 0 Å². The van der Waals surface area contributed by atoms with E-state index in [4.69, 9.17) is 10.2 Å². The second-order valence-electron chi connectivity index (χ2n) is 2.61. The molecule has 0 aliphatic heterocycles. The average Bonchev–Trinajstić information content (AvgIpc) is 1.65. The van der Waals surface area contributed by atoms with Crippen molar-refractivity contribution in [3.8, 4) is 0 Å². The quantitative estimate of drug-likeness (QED) is 0.399. The number of hydrogen-bond acceptors (Lipinski definition) is 3. The molecule has 0 aromatic rings. The molecule has 2 N–H and O–H groups in total. The van der Waals surface area contributed by atoms with Gasteiger partial charge in [-0.15, -0.1) is 0 Å². The molecule has 0 fully saturated rings. The highest BCUT2D eigenvalue weighted by atomic mass is 32.1. The molecule has 1 unspecified atom stereocenters. The summed E-state index contributed by atoms with van der Waals surface area (Å²) < 4.78 is 0. The van der Waals surface area contributed by atoms with Crippen molar-refractivity contribution in [1.29, 1.82) is 0 Å². The third-order valence-corrected chi connectivity index (χ3v) is 1.84. The highest BCUT2D eigenvalue weighted by Gasteiger charge is 2.31. The molecule has 1 atom stereocenters. The fourth-order valence-corrected chi connectivity index (χ4v) is 0.781. The van der Waals surface area contributed by atoms with Crippen molar-refractivity contribution >= 4 is 12.6 Å². The van der Waals surface area contributed by atoms with Crippen LogP contribution in [-0.2, 0) is 0 Å². The largest absolute Gasteiger partial charge is 0.364 e. The Morgan fingerprint density at radius 1 is 1.22 bits per heavy atom. The van der Waals surface area contributed by atoms with E-state index >= 15 is 0 Å². The van der Waals surface area contributed by atoms with Crippen LogP contribution in [0.4, 0.5) is 0 Å². The lowest BCUT2D eigenvalue weighted by molar-refractivity contribution is -0.188. The number of rotatable bonds is 2. The van der Waals surface area contributed by atoms with Crippen LogP contribution in [0.5, 0.6) is 0 Å². The first kappa shape index (κ1) is 9.27. The first-order valence-electron chi connectivity index (χ1n) is 3.01. The van der Waals surface area contributed by atoms with Gasteiger partial charge in [0.05, 0.1) is 5.25 Å². The van der Waals surface area contributed by atoms with E-state index in [1.807, 2.05) is 0 Å². The van der Waals surface area contributed by atoms with Gasteiger partial charge in [0, 0.05) is 5.92 Å². The van der Waals surface area contributed by atoms with Crippen LogP contribution in [0, 0.1) is 5.92 Å². The molecule has 0 saturated heterocycles. The van der Waals surface area contributed by atoms with Crippen LogP contribution in [0.3, 0.4) is 0 Å². The third kappa shape index (κ3) is 2.16. The molecule has 0 radical (unpaired) electrons. The monoisotopic (exact) mass is 150 g/mol. The van der Waals surface area contributed by atoms with Gasteiger partial charge in [-0.05, 0) is 6.92 Å². The van der Waals surface area contributed by atoms with Gasteiger partial charge in [0.1, 0.15) is 0 Å². The van der Waals surface area contributed by atoms with Crippen molar-refractivity contribution in [3.05, 3.63) is 0 Å². The molecule has 56 valence electrons. The molecule has 0 aromatic heterocycles. The summed E-state index contributed by atoms with van der Waals surface area (Å²) in [6.07, 6.45) is 0. The van der Waals surface area contributed by atoms with Crippen molar-refractivity contribution < 1.29 is 10.2 Å². The minimum Gasteiger partial charge on any atom is -0.364 e. The van der Waals surface area contributed by atoms with Crippen LogP contribution in [-0.4, -0.2) is 21.3 Å². The fraction of sp³-hybridized carbons (Fsp3) is 1.00. The van der Waals surface area contributed by atoms with E-state index in [9.17, 15) is 0 Å². The Bertz CT molecular complexity index is 79.1. The van der Waals surface area contributed by atoms with Gasteiger partial charge in [-0.3, -0.25) is 0 Å². The minimum absolute atomic E-state index is 0.176. The van der Waals surface area contributed by atoms with Crippen LogP contribution in [0.15, 0.2) is 0 Å². The predicted molar refractivity (Wildman–Crippen MR) is 40.5 cm³/mol. The summed E-state index contributed by atoms with van der Waals surface area (Å²) >= 11 is 3.92. The second kappa shape index (κ2) is 2.90. The first-order chi connectivity index (χ1) is 3.89. The maximum atomic E-state index is 9.15. The summed E-state index contributed by atoms with van der Waals surface area (Å²) in [5.74, 6) is -1.81. The maximum absolute atomic E-state index is 9.15. The molecule has 3 heteroatoms. The molecule has 0 amide bonds. The lowest BCUT2D eigenvalue weighted by Crippen LogP contribution is -2.42. The molecule has 2 nitrogen and oxygen atoms in total. The van der Waals surface area contributed by atoms with E-state index in [0.29, 0.717) is 0 Å². The highest BCUT2D eigenvalue weighted by molar-refractivity contribution is 7.81.